The summed E-state index contributed by atoms with van der Waals surface area (Å²) in [4.78, 5) is 28.8. The molecule has 47 heavy (non-hydrogen) atoms. The molecule has 2 N–H and O–H groups in total. The summed E-state index contributed by atoms with van der Waals surface area (Å²) in [5, 5.41) is 19.5. The van der Waals surface area contributed by atoms with Gasteiger partial charge in [0.2, 0.25) is 0 Å². The number of hydrogen-bond acceptors (Lipinski definition) is 7. The number of hydrogen-bond donors (Lipinski definition) is 2. The van der Waals surface area contributed by atoms with Gasteiger partial charge in [-0.15, -0.1) is 0 Å². The molecule has 0 aliphatic heterocycles. The first-order valence-electron chi connectivity index (χ1n) is 16.9. The Bertz CT molecular complexity index is 1940. The van der Waals surface area contributed by atoms with Crippen molar-refractivity contribution in [3.05, 3.63) is 98.0 Å². The molecule has 3 heterocycles. The molecule has 248 valence electrons. The van der Waals surface area contributed by atoms with Gasteiger partial charge < -0.3 is 9.84 Å². The van der Waals surface area contributed by atoms with Gasteiger partial charge in [0.1, 0.15) is 5.65 Å². The van der Waals surface area contributed by atoms with E-state index in [1.165, 1.54) is 0 Å². The zero-order chi connectivity index (χ0) is 33.1. The van der Waals surface area contributed by atoms with Crippen LogP contribution in [0.1, 0.15) is 94.3 Å². The van der Waals surface area contributed by atoms with E-state index in [9.17, 15) is 14.7 Å². The topological polar surface area (TPSA) is 128 Å². The predicted octanol–water partition coefficient (Wildman–Crippen LogP) is 6.41. The van der Waals surface area contributed by atoms with Crippen LogP contribution in [0.4, 0.5) is 0 Å². The molecule has 5 aromatic rings. The van der Waals surface area contributed by atoms with Gasteiger partial charge >= 0.3 is 5.76 Å². The molecule has 0 spiro atoms. The van der Waals surface area contributed by atoms with Crippen molar-refractivity contribution in [2.24, 2.45) is 0 Å². The van der Waals surface area contributed by atoms with E-state index in [1.807, 2.05) is 72.3 Å². The van der Waals surface area contributed by atoms with Crippen molar-refractivity contribution in [1.82, 2.24) is 24.3 Å². The number of nitrogens with one attached hydrogen (secondary N) is 1. The fourth-order valence-corrected chi connectivity index (χ4v) is 6.87. The highest BCUT2D eigenvalue weighted by atomic mass is 16.5. The molecule has 0 atom stereocenters. The number of nitrogens with zero attached hydrogens (tertiary/aromatic N) is 4. The average Bonchev–Trinajstić information content (AvgIpc) is 3.71. The summed E-state index contributed by atoms with van der Waals surface area (Å²) >= 11 is 0. The van der Waals surface area contributed by atoms with E-state index in [-0.39, 0.29) is 17.7 Å². The summed E-state index contributed by atoms with van der Waals surface area (Å²) in [6, 6.07) is 18.0. The Balaban J connectivity index is 1.30. The van der Waals surface area contributed by atoms with E-state index < -0.39 is 11.4 Å². The summed E-state index contributed by atoms with van der Waals surface area (Å²) < 4.78 is 14.9. The van der Waals surface area contributed by atoms with Crippen LogP contribution >= 0.6 is 0 Å². The minimum atomic E-state index is -0.780. The molecule has 2 aromatic carbocycles. The molecular formula is C37H45N5O5. The molecule has 1 aliphatic carbocycles. The van der Waals surface area contributed by atoms with Crippen molar-refractivity contribution in [2.45, 2.75) is 103 Å². The Morgan fingerprint density at radius 2 is 1.70 bits per heavy atom. The summed E-state index contributed by atoms with van der Waals surface area (Å²) in [5.41, 5.74) is 6.45. The zero-order valence-corrected chi connectivity index (χ0v) is 27.8. The van der Waals surface area contributed by atoms with Gasteiger partial charge in [-0.2, -0.15) is 5.10 Å². The standard InChI is InChI=1S/C37H45N5O5/c1-5-10-32-31(22-25-13-15-26(16-14-25)29-11-8-9-12-30(29)34-38-36(44)47-40-34)35(43)41(33-21-24(4)39-42(32)33)27-17-19-28(20-18-27)46-23-37(45,6-2)7-3/h8-9,11-16,21,27-28,45H,5-7,10,17-20,22-23H2,1-4H3,(H,38,40,44). The van der Waals surface area contributed by atoms with Crippen LogP contribution in [-0.2, 0) is 17.6 Å². The molecule has 6 rings (SSSR count). The minimum absolute atomic E-state index is 0.0495. The molecule has 0 radical (unpaired) electrons. The summed E-state index contributed by atoms with van der Waals surface area (Å²) in [7, 11) is 0. The lowest BCUT2D eigenvalue weighted by Crippen LogP contribution is -2.37. The Morgan fingerprint density at radius 3 is 2.34 bits per heavy atom. The number of aromatic amines is 1. The van der Waals surface area contributed by atoms with Crippen molar-refractivity contribution < 1.29 is 14.4 Å². The number of benzene rings is 2. The molecule has 0 unspecified atom stereocenters. The molecule has 0 amide bonds. The molecule has 10 heteroatoms. The third-order valence-corrected chi connectivity index (χ3v) is 9.81. The van der Waals surface area contributed by atoms with Crippen molar-refractivity contribution in [3.8, 4) is 22.5 Å². The number of H-pyrrole nitrogens is 1. The average molecular weight is 640 g/mol. The zero-order valence-electron chi connectivity index (χ0n) is 27.8. The first kappa shape index (κ1) is 32.7. The summed E-state index contributed by atoms with van der Waals surface area (Å²) in [5.74, 6) is -0.215. The molecule has 10 nitrogen and oxygen atoms in total. The van der Waals surface area contributed by atoms with Crippen LogP contribution in [0, 0.1) is 6.92 Å². The molecular weight excluding hydrogens is 594 g/mol. The first-order valence-corrected chi connectivity index (χ1v) is 16.9. The third-order valence-electron chi connectivity index (χ3n) is 9.81. The number of aryl methyl sites for hydroxylation is 2. The number of ether oxygens (including phenoxy) is 1. The SMILES string of the molecule is CCCc1c(Cc2ccc(-c3ccccc3-c3noc(=O)[nH]3)cc2)c(=O)n(C2CCC(OCC(O)(CC)CC)CC2)c2cc(C)nn12. The van der Waals surface area contributed by atoms with Crippen LogP contribution in [0.25, 0.3) is 28.2 Å². The molecule has 1 aliphatic rings. The monoisotopic (exact) mass is 639 g/mol. The maximum atomic E-state index is 14.5. The fourth-order valence-electron chi connectivity index (χ4n) is 6.87. The number of aromatic nitrogens is 5. The van der Waals surface area contributed by atoms with Crippen LogP contribution in [0.15, 0.2) is 68.7 Å². The van der Waals surface area contributed by atoms with E-state index >= 15 is 0 Å². The van der Waals surface area contributed by atoms with Crippen molar-refractivity contribution >= 4 is 5.65 Å². The minimum Gasteiger partial charge on any atom is -0.388 e. The van der Waals surface area contributed by atoms with Crippen LogP contribution in [-0.4, -0.2) is 47.7 Å². The highest BCUT2D eigenvalue weighted by molar-refractivity contribution is 5.80. The number of rotatable bonds is 12. The van der Waals surface area contributed by atoms with Gasteiger partial charge in [0, 0.05) is 29.7 Å². The second-order valence-corrected chi connectivity index (χ2v) is 12.9. The highest BCUT2D eigenvalue weighted by Crippen LogP contribution is 2.33. The Labute approximate surface area is 274 Å². The van der Waals surface area contributed by atoms with E-state index in [0.29, 0.717) is 31.7 Å². The summed E-state index contributed by atoms with van der Waals surface area (Å²) in [6.07, 6.45) is 6.91. The predicted molar refractivity (Wildman–Crippen MR) is 182 cm³/mol. The number of fused-ring (bicyclic) bond motifs is 1. The highest BCUT2D eigenvalue weighted by Gasteiger charge is 2.30. The van der Waals surface area contributed by atoms with E-state index in [4.69, 9.17) is 14.4 Å². The van der Waals surface area contributed by atoms with Gasteiger partial charge in [0.25, 0.3) is 5.56 Å². The largest absolute Gasteiger partial charge is 0.439 e. The van der Waals surface area contributed by atoms with Crippen LogP contribution in [0.3, 0.4) is 0 Å². The molecule has 1 fully saturated rings. The molecule has 0 bridgehead atoms. The maximum Gasteiger partial charge on any atom is 0.439 e. The number of aliphatic hydroxyl groups is 1. The Morgan fingerprint density at radius 1 is 1.00 bits per heavy atom. The van der Waals surface area contributed by atoms with Gasteiger partial charge in [-0.05, 0) is 68.6 Å². The van der Waals surface area contributed by atoms with Gasteiger partial charge in [0.05, 0.1) is 29.7 Å². The smallest absolute Gasteiger partial charge is 0.388 e. The Kier molecular flexibility index (Phi) is 9.61. The second-order valence-electron chi connectivity index (χ2n) is 12.9. The normalized spacial score (nSPS) is 17.0. The van der Waals surface area contributed by atoms with Crippen LogP contribution < -0.4 is 11.3 Å². The maximum absolute atomic E-state index is 14.5. The Hall–Kier alpha value is -4.28. The van der Waals surface area contributed by atoms with Gasteiger partial charge in [-0.25, -0.2) is 9.31 Å². The van der Waals surface area contributed by atoms with Crippen molar-refractivity contribution in [2.75, 3.05) is 6.61 Å². The van der Waals surface area contributed by atoms with E-state index in [0.717, 1.165) is 83.4 Å². The lowest BCUT2D eigenvalue weighted by atomic mass is 9.91. The van der Waals surface area contributed by atoms with Crippen molar-refractivity contribution in [3.63, 3.8) is 0 Å². The lowest BCUT2D eigenvalue weighted by Gasteiger charge is -2.33. The lowest BCUT2D eigenvalue weighted by molar-refractivity contribution is -0.0865. The second kappa shape index (κ2) is 13.8. The van der Waals surface area contributed by atoms with Crippen LogP contribution in [0.5, 0.6) is 0 Å². The third kappa shape index (κ3) is 6.75. The van der Waals surface area contributed by atoms with Crippen molar-refractivity contribution in [1.29, 1.82) is 0 Å². The molecule has 1 saturated carbocycles. The van der Waals surface area contributed by atoms with Crippen LogP contribution in [0.2, 0.25) is 0 Å². The quantitative estimate of drug-likeness (QED) is 0.162. The fraction of sp³-hybridized carbons (Fsp3) is 0.459. The van der Waals surface area contributed by atoms with E-state index in [2.05, 4.69) is 29.2 Å². The molecule has 0 saturated heterocycles. The van der Waals surface area contributed by atoms with E-state index in [1.54, 1.807) is 0 Å². The molecule has 3 aromatic heterocycles. The first-order chi connectivity index (χ1) is 22.7. The summed E-state index contributed by atoms with van der Waals surface area (Å²) in [6.45, 7) is 8.45. The van der Waals surface area contributed by atoms with Gasteiger partial charge in [-0.1, -0.05) is 80.9 Å². The van der Waals surface area contributed by atoms with Gasteiger partial charge in [0.15, 0.2) is 5.82 Å². The van der Waals surface area contributed by atoms with Gasteiger partial charge in [-0.3, -0.25) is 18.9 Å².